The van der Waals surface area contributed by atoms with Gasteiger partial charge in [-0.3, -0.25) is 14.4 Å². The van der Waals surface area contributed by atoms with Gasteiger partial charge in [-0.2, -0.15) is 0 Å². The summed E-state index contributed by atoms with van der Waals surface area (Å²) in [4.78, 5) is 52.9. The van der Waals surface area contributed by atoms with Crippen molar-refractivity contribution in [1.82, 2.24) is 0 Å². The molecule has 3 fully saturated rings. The molecule has 1 aliphatic heterocycles. The van der Waals surface area contributed by atoms with Crippen LogP contribution in [0.5, 0.6) is 0 Å². The number of halogens is 1. The summed E-state index contributed by atoms with van der Waals surface area (Å²) in [5.74, 6) is -3.33. The Morgan fingerprint density at radius 2 is 1.93 bits per heavy atom. The van der Waals surface area contributed by atoms with Crippen LogP contribution in [-0.4, -0.2) is 64.1 Å². The molecule has 244 valence electrons. The summed E-state index contributed by atoms with van der Waals surface area (Å²) < 4.78 is 34.8. The monoisotopic (exact) mass is 629 g/mol. The average Bonchev–Trinajstić information content (AvgIpc) is 3.28. The second-order valence-corrected chi connectivity index (χ2v) is 13.4. The van der Waals surface area contributed by atoms with E-state index in [1.54, 1.807) is 51.1 Å². The van der Waals surface area contributed by atoms with Gasteiger partial charge >= 0.3 is 5.97 Å². The lowest BCUT2D eigenvalue weighted by Crippen LogP contribution is -2.65. The molecule has 1 N–H and O–H groups in total. The zero-order chi connectivity index (χ0) is 32.7. The Kier molecular flexibility index (Phi) is 9.05. The summed E-state index contributed by atoms with van der Waals surface area (Å²) in [7, 11) is 0. The van der Waals surface area contributed by atoms with E-state index in [0.717, 1.165) is 0 Å². The number of esters is 1. The lowest BCUT2D eigenvalue weighted by molar-refractivity contribution is -0.763. The highest BCUT2D eigenvalue weighted by molar-refractivity contribution is 6.01. The predicted octanol–water partition coefficient (Wildman–Crippen LogP) is 4.17. The first-order valence-corrected chi connectivity index (χ1v) is 15.3. The van der Waals surface area contributed by atoms with Gasteiger partial charge in [0, 0.05) is 11.3 Å². The van der Waals surface area contributed by atoms with Crippen molar-refractivity contribution in [2.45, 2.75) is 96.2 Å². The van der Waals surface area contributed by atoms with Crippen molar-refractivity contribution in [3.05, 3.63) is 69.3 Å². The van der Waals surface area contributed by atoms with Crippen molar-refractivity contribution >= 4 is 17.5 Å². The molecule has 0 aromatic heterocycles. The van der Waals surface area contributed by atoms with Gasteiger partial charge < -0.3 is 24.2 Å². The molecule has 8 atom stereocenters. The maximum Gasteiger partial charge on any atom is 0.310 e. The second-order valence-electron chi connectivity index (χ2n) is 13.4. The fourth-order valence-corrected chi connectivity index (χ4v) is 7.90. The number of aliphatic hydroxyl groups excluding tert-OH is 1. The van der Waals surface area contributed by atoms with Crippen LogP contribution in [-0.2, 0) is 46.5 Å². The van der Waals surface area contributed by atoms with Crippen molar-refractivity contribution in [2.24, 2.45) is 23.2 Å². The van der Waals surface area contributed by atoms with E-state index in [2.05, 4.69) is 4.84 Å². The van der Waals surface area contributed by atoms with Crippen LogP contribution in [0.4, 0.5) is 4.39 Å². The van der Waals surface area contributed by atoms with Crippen LogP contribution in [0.3, 0.4) is 0 Å². The van der Waals surface area contributed by atoms with E-state index < -0.39 is 64.5 Å². The van der Waals surface area contributed by atoms with E-state index in [1.807, 2.05) is 6.92 Å². The number of aliphatic hydroxyl groups is 1. The van der Waals surface area contributed by atoms with Gasteiger partial charge in [-0.25, -0.2) is 4.39 Å². The zero-order valence-electron chi connectivity index (χ0n) is 25.9. The summed E-state index contributed by atoms with van der Waals surface area (Å²) in [5.41, 5.74) is -1.41. The van der Waals surface area contributed by atoms with E-state index in [9.17, 15) is 29.6 Å². The molecule has 12 heteroatoms. The molecule has 0 amide bonds. The van der Waals surface area contributed by atoms with Crippen LogP contribution in [0, 0.1) is 33.3 Å². The summed E-state index contributed by atoms with van der Waals surface area (Å²) in [6, 6.07) is 6.49. The van der Waals surface area contributed by atoms with Crippen molar-refractivity contribution in [1.29, 1.82) is 0 Å². The molecule has 2 saturated carbocycles. The van der Waals surface area contributed by atoms with E-state index >= 15 is 4.39 Å². The number of hydrogen-bond donors (Lipinski definition) is 1. The fourth-order valence-electron chi connectivity index (χ4n) is 7.90. The molecule has 0 bridgehead atoms. The first-order chi connectivity index (χ1) is 21.1. The smallest absolute Gasteiger partial charge is 0.310 e. The molecule has 3 aliphatic carbocycles. The van der Waals surface area contributed by atoms with Gasteiger partial charge in [0.25, 0.3) is 5.09 Å². The minimum Gasteiger partial charge on any atom is -0.457 e. The SMILES string of the molecule is C[C@@H]1C[C@H](O)[C@@]2(F)C(CCC3=CC(=O)C=C[C@@]32C)[C@@H]1C[C@H]1OC(C)(C)OC1C(=O)COC(=O)Cc1cccc(CO[N+](=O)[O-])c1. The fraction of sp³-hybridized carbons (Fsp3) is 0.606. The molecule has 11 nitrogen and oxygen atoms in total. The number of carbonyl (C=O) groups is 3. The minimum atomic E-state index is -2.01. The molecule has 2 unspecified atom stereocenters. The van der Waals surface area contributed by atoms with E-state index in [1.165, 1.54) is 12.2 Å². The normalized spacial score (nSPS) is 35.2. The first kappa shape index (κ1) is 32.9. The highest BCUT2D eigenvalue weighted by atomic mass is 19.1. The third-order valence-corrected chi connectivity index (χ3v) is 10.0. The molecule has 1 saturated heterocycles. The molecule has 5 rings (SSSR count). The molecular weight excluding hydrogens is 589 g/mol. The van der Waals surface area contributed by atoms with E-state index in [4.69, 9.17) is 14.2 Å². The van der Waals surface area contributed by atoms with Gasteiger partial charge in [-0.1, -0.05) is 42.8 Å². The summed E-state index contributed by atoms with van der Waals surface area (Å²) in [6.45, 7) is 6.28. The molecule has 1 aromatic rings. The Bertz CT molecular complexity index is 1420. The van der Waals surface area contributed by atoms with E-state index in [-0.39, 0.29) is 37.1 Å². The highest BCUT2D eigenvalue weighted by Gasteiger charge is 2.66. The number of benzene rings is 1. The molecule has 1 aromatic carbocycles. The zero-order valence-corrected chi connectivity index (χ0v) is 25.9. The summed E-state index contributed by atoms with van der Waals surface area (Å²) in [5, 5.41) is 20.7. The number of ether oxygens (including phenoxy) is 3. The molecule has 45 heavy (non-hydrogen) atoms. The lowest BCUT2D eigenvalue weighted by atomic mass is 9.47. The third-order valence-electron chi connectivity index (χ3n) is 10.0. The van der Waals surface area contributed by atoms with Crippen LogP contribution in [0.25, 0.3) is 0 Å². The van der Waals surface area contributed by atoms with E-state index in [0.29, 0.717) is 36.0 Å². The van der Waals surface area contributed by atoms with Crippen molar-refractivity contribution in [2.75, 3.05) is 6.61 Å². The number of hydrogen-bond acceptors (Lipinski definition) is 10. The third kappa shape index (κ3) is 6.45. The number of nitrogens with zero attached hydrogens (tertiary/aromatic N) is 1. The number of fused-ring (bicyclic) bond motifs is 3. The Morgan fingerprint density at radius 3 is 2.67 bits per heavy atom. The van der Waals surface area contributed by atoms with Crippen LogP contribution in [0.1, 0.15) is 64.5 Å². The highest BCUT2D eigenvalue weighted by Crippen LogP contribution is 2.63. The standard InChI is InChI=1S/C33H40FNO10/c1-19-12-28(38)33(34)25(9-8-22-15-23(36)10-11-32(22,33)4)24(19)16-27-30(45-31(2,3)44-27)26(37)18-42-29(39)14-20-6-5-7-21(13-20)17-43-35(40)41/h5-7,10-11,13,15,19,24-25,27-28,30,38H,8-9,12,14,16-18H2,1-4H3/t19-,24-,25?,27-,28+,30?,32+,33+/m1/s1. The molecular formula is C33H40FNO10. The Labute approximate surface area is 260 Å². The number of rotatable bonds is 10. The topological polar surface area (TPSA) is 152 Å². The Balaban J connectivity index is 1.26. The van der Waals surface area contributed by atoms with Gasteiger partial charge in [0.05, 0.1) is 18.6 Å². The Morgan fingerprint density at radius 1 is 1.20 bits per heavy atom. The lowest BCUT2D eigenvalue weighted by Gasteiger charge is -2.60. The van der Waals surface area contributed by atoms with Crippen molar-refractivity contribution in [3.63, 3.8) is 0 Å². The Hall–Kier alpha value is -3.48. The largest absolute Gasteiger partial charge is 0.457 e. The van der Waals surface area contributed by atoms with Crippen LogP contribution in [0.2, 0.25) is 0 Å². The average molecular weight is 630 g/mol. The van der Waals surface area contributed by atoms with Crippen molar-refractivity contribution in [3.8, 4) is 0 Å². The molecule has 0 spiro atoms. The minimum absolute atomic E-state index is 0.0791. The van der Waals surface area contributed by atoms with Crippen LogP contribution in [0.15, 0.2) is 48.1 Å². The summed E-state index contributed by atoms with van der Waals surface area (Å²) in [6.07, 6.45) is 2.78. The van der Waals surface area contributed by atoms with Crippen molar-refractivity contribution < 1.29 is 48.0 Å². The number of carbonyl (C=O) groups excluding carboxylic acids is 3. The number of allylic oxidation sites excluding steroid dienone is 4. The summed E-state index contributed by atoms with van der Waals surface area (Å²) >= 11 is 0. The van der Waals surface area contributed by atoms with Crippen LogP contribution >= 0.6 is 0 Å². The molecule has 4 aliphatic rings. The van der Waals surface area contributed by atoms with Gasteiger partial charge in [0.2, 0.25) is 5.78 Å². The first-order valence-electron chi connectivity index (χ1n) is 15.3. The maximum atomic E-state index is 17.4. The van der Waals surface area contributed by atoms with Crippen LogP contribution < -0.4 is 0 Å². The molecule has 1 heterocycles. The van der Waals surface area contributed by atoms with Gasteiger partial charge in [-0.05, 0) is 81.6 Å². The van der Waals surface area contributed by atoms with Gasteiger partial charge in [-0.15, -0.1) is 10.1 Å². The van der Waals surface area contributed by atoms with Gasteiger partial charge in [0.1, 0.15) is 12.7 Å². The number of ketones is 2. The maximum absolute atomic E-state index is 17.4. The second kappa shape index (κ2) is 12.4. The number of Topliss-reactive ketones (excluding diaryl/α,β-unsaturated/α-hetero) is 1. The molecule has 0 radical (unpaired) electrons. The quantitative estimate of drug-likeness (QED) is 0.227. The predicted molar refractivity (Wildman–Crippen MR) is 157 cm³/mol. The van der Waals surface area contributed by atoms with Gasteiger partial charge in [0.15, 0.2) is 23.8 Å². The number of alkyl halides is 1.